The molecule has 4 nitrogen and oxygen atoms in total. The van der Waals surface area contributed by atoms with Crippen LogP contribution in [-0.2, 0) is 4.74 Å². The standard InChI is InChI=1S/C15H19BrF2N2O2/c1-15(2,3)22-14(21)20-5-4-10(8-20)19-13-11(17)6-9(16)7-12(13)18/h6-7,10,19H,4-5,8H2,1-3H3. The predicted octanol–water partition coefficient (Wildman–Crippen LogP) is 4.15. The third-order valence-corrected chi connectivity index (χ3v) is 3.65. The lowest BCUT2D eigenvalue weighted by Crippen LogP contribution is -2.36. The van der Waals surface area contributed by atoms with E-state index in [1.54, 1.807) is 20.8 Å². The molecule has 0 bridgehead atoms. The predicted molar refractivity (Wildman–Crippen MR) is 83.9 cm³/mol. The molecular formula is C15H19BrF2N2O2. The maximum absolute atomic E-state index is 13.8. The van der Waals surface area contributed by atoms with Crippen molar-refractivity contribution in [2.75, 3.05) is 18.4 Å². The third-order valence-electron chi connectivity index (χ3n) is 3.20. The highest BCUT2D eigenvalue weighted by Gasteiger charge is 2.30. The minimum Gasteiger partial charge on any atom is -0.444 e. The third kappa shape index (κ3) is 4.32. The van der Waals surface area contributed by atoms with Gasteiger partial charge in [-0.25, -0.2) is 13.6 Å². The first-order valence-electron chi connectivity index (χ1n) is 7.05. The van der Waals surface area contributed by atoms with Gasteiger partial charge in [-0.2, -0.15) is 0 Å². The van der Waals surface area contributed by atoms with E-state index in [0.29, 0.717) is 24.0 Å². The number of ether oxygens (including phenoxy) is 1. The van der Waals surface area contributed by atoms with E-state index >= 15 is 0 Å². The maximum atomic E-state index is 13.8. The summed E-state index contributed by atoms with van der Waals surface area (Å²) in [6, 6.07) is 2.19. The van der Waals surface area contributed by atoms with Gasteiger partial charge in [0.2, 0.25) is 0 Å². The average molecular weight is 377 g/mol. The van der Waals surface area contributed by atoms with Gasteiger partial charge in [-0.15, -0.1) is 0 Å². The monoisotopic (exact) mass is 376 g/mol. The Hall–Kier alpha value is -1.37. The van der Waals surface area contributed by atoms with Crippen molar-refractivity contribution in [2.45, 2.75) is 38.8 Å². The molecule has 1 aromatic rings. The van der Waals surface area contributed by atoms with Crippen molar-refractivity contribution in [3.63, 3.8) is 0 Å². The minimum absolute atomic E-state index is 0.167. The molecule has 1 saturated heterocycles. The van der Waals surface area contributed by atoms with Gasteiger partial charge in [0.25, 0.3) is 0 Å². The number of halogens is 3. The number of hydrogen-bond acceptors (Lipinski definition) is 3. The molecule has 1 heterocycles. The molecule has 1 aromatic carbocycles. The Morgan fingerprint density at radius 2 is 1.95 bits per heavy atom. The largest absolute Gasteiger partial charge is 0.444 e. The second-order valence-corrected chi connectivity index (χ2v) is 7.22. The van der Waals surface area contributed by atoms with Gasteiger partial charge in [0.1, 0.15) is 22.9 Å². The number of carbonyl (C=O) groups excluding carboxylic acids is 1. The summed E-state index contributed by atoms with van der Waals surface area (Å²) >= 11 is 3.04. The molecule has 1 aliphatic rings. The van der Waals surface area contributed by atoms with Crippen molar-refractivity contribution in [3.05, 3.63) is 28.2 Å². The van der Waals surface area contributed by atoms with Gasteiger partial charge in [-0.3, -0.25) is 0 Å². The summed E-state index contributed by atoms with van der Waals surface area (Å²) in [6.07, 6.45) is 0.197. The SMILES string of the molecule is CC(C)(C)OC(=O)N1CCC(Nc2c(F)cc(Br)cc2F)C1. The maximum Gasteiger partial charge on any atom is 0.410 e. The molecule has 0 spiro atoms. The number of anilines is 1. The molecule has 22 heavy (non-hydrogen) atoms. The zero-order valence-corrected chi connectivity index (χ0v) is 14.3. The highest BCUT2D eigenvalue weighted by molar-refractivity contribution is 9.10. The highest BCUT2D eigenvalue weighted by atomic mass is 79.9. The number of amides is 1. The van der Waals surface area contributed by atoms with Gasteiger partial charge < -0.3 is 15.0 Å². The number of nitrogens with one attached hydrogen (secondary N) is 1. The van der Waals surface area contributed by atoms with Crippen LogP contribution < -0.4 is 5.32 Å². The average Bonchev–Trinajstić information content (AvgIpc) is 2.80. The first-order valence-corrected chi connectivity index (χ1v) is 7.84. The number of likely N-dealkylation sites (tertiary alicyclic amines) is 1. The fraction of sp³-hybridized carbons (Fsp3) is 0.533. The van der Waals surface area contributed by atoms with Crippen LogP contribution in [0.15, 0.2) is 16.6 Å². The summed E-state index contributed by atoms with van der Waals surface area (Å²) in [7, 11) is 0. The Kier molecular flexibility index (Phi) is 4.94. The molecule has 1 atom stereocenters. The van der Waals surface area contributed by atoms with Crippen molar-refractivity contribution in [2.24, 2.45) is 0 Å². The Morgan fingerprint density at radius 3 is 2.50 bits per heavy atom. The Morgan fingerprint density at radius 1 is 1.36 bits per heavy atom. The van der Waals surface area contributed by atoms with Gasteiger partial charge in [-0.1, -0.05) is 15.9 Å². The molecule has 1 aliphatic heterocycles. The van der Waals surface area contributed by atoms with Crippen LogP contribution in [0.3, 0.4) is 0 Å². The highest BCUT2D eigenvalue weighted by Crippen LogP contribution is 2.26. The van der Waals surface area contributed by atoms with Crippen LogP contribution in [-0.4, -0.2) is 35.7 Å². The number of benzene rings is 1. The number of carbonyl (C=O) groups is 1. The lowest BCUT2D eigenvalue weighted by Gasteiger charge is -2.24. The van der Waals surface area contributed by atoms with Crippen molar-refractivity contribution in [1.29, 1.82) is 0 Å². The Bertz CT molecular complexity index is 552. The van der Waals surface area contributed by atoms with Crippen LogP contribution in [0.4, 0.5) is 19.3 Å². The molecule has 1 fully saturated rings. The second kappa shape index (κ2) is 6.40. The summed E-state index contributed by atoms with van der Waals surface area (Å²) in [5.74, 6) is -1.33. The quantitative estimate of drug-likeness (QED) is 0.842. The van der Waals surface area contributed by atoms with Crippen LogP contribution in [0.2, 0.25) is 0 Å². The van der Waals surface area contributed by atoms with E-state index in [9.17, 15) is 13.6 Å². The van der Waals surface area contributed by atoms with Crippen molar-refractivity contribution < 1.29 is 18.3 Å². The zero-order chi connectivity index (χ0) is 16.5. The fourth-order valence-electron chi connectivity index (χ4n) is 2.25. The normalized spacial score (nSPS) is 18.5. The lowest BCUT2D eigenvalue weighted by molar-refractivity contribution is 0.0293. The van der Waals surface area contributed by atoms with E-state index in [4.69, 9.17) is 4.74 Å². The van der Waals surface area contributed by atoms with Crippen LogP contribution in [0.25, 0.3) is 0 Å². The number of rotatable bonds is 2. The molecule has 0 aromatic heterocycles. The number of nitrogens with zero attached hydrogens (tertiary/aromatic N) is 1. The molecule has 7 heteroatoms. The van der Waals surface area contributed by atoms with Crippen molar-refractivity contribution >= 4 is 27.7 Å². The van der Waals surface area contributed by atoms with E-state index in [-0.39, 0.29) is 11.7 Å². The number of hydrogen-bond donors (Lipinski definition) is 1. The molecule has 1 amide bonds. The molecule has 122 valence electrons. The summed E-state index contributed by atoms with van der Waals surface area (Å²) in [4.78, 5) is 13.5. The smallest absolute Gasteiger partial charge is 0.410 e. The molecule has 0 aliphatic carbocycles. The van der Waals surface area contributed by atoms with Crippen molar-refractivity contribution in [1.82, 2.24) is 4.90 Å². The van der Waals surface area contributed by atoms with Gasteiger partial charge in [-0.05, 0) is 39.3 Å². The summed E-state index contributed by atoms with van der Waals surface area (Å²) in [5.41, 5.74) is -0.730. The molecule has 0 saturated carbocycles. The molecule has 2 rings (SSSR count). The fourth-order valence-corrected chi connectivity index (χ4v) is 2.66. The molecule has 0 radical (unpaired) electrons. The minimum atomic E-state index is -0.664. The molecule has 1 unspecified atom stereocenters. The van der Waals surface area contributed by atoms with Crippen molar-refractivity contribution in [3.8, 4) is 0 Å². The van der Waals surface area contributed by atoms with Gasteiger partial charge >= 0.3 is 6.09 Å². The Labute approximate surface area is 136 Å². The Balaban J connectivity index is 1.99. The molecule has 1 N–H and O–H groups in total. The van der Waals surface area contributed by atoms with Crippen LogP contribution in [0.5, 0.6) is 0 Å². The first-order chi connectivity index (χ1) is 10.2. The van der Waals surface area contributed by atoms with Crippen LogP contribution >= 0.6 is 15.9 Å². The van der Waals surface area contributed by atoms with E-state index in [1.807, 2.05) is 0 Å². The first kappa shape index (κ1) is 17.0. The summed E-state index contributed by atoms with van der Waals surface area (Å²) < 4.78 is 33.2. The molecular weight excluding hydrogens is 358 g/mol. The second-order valence-electron chi connectivity index (χ2n) is 6.30. The van der Waals surface area contributed by atoms with E-state index in [2.05, 4.69) is 21.2 Å². The lowest BCUT2D eigenvalue weighted by atomic mass is 10.2. The topological polar surface area (TPSA) is 41.6 Å². The van der Waals surface area contributed by atoms with E-state index in [1.165, 1.54) is 17.0 Å². The van der Waals surface area contributed by atoms with Gasteiger partial charge in [0.15, 0.2) is 0 Å². The van der Waals surface area contributed by atoms with Gasteiger partial charge in [0.05, 0.1) is 0 Å². The summed E-state index contributed by atoms with van der Waals surface area (Å²) in [5, 5.41) is 2.83. The summed E-state index contributed by atoms with van der Waals surface area (Å²) in [6.45, 7) is 6.23. The van der Waals surface area contributed by atoms with Crippen LogP contribution in [0, 0.1) is 11.6 Å². The van der Waals surface area contributed by atoms with E-state index in [0.717, 1.165) is 0 Å². The van der Waals surface area contributed by atoms with E-state index < -0.39 is 23.3 Å². The van der Waals surface area contributed by atoms with Crippen LogP contribution in [0.1, 0.15) is 27.2 Å². The van der Waals surface area contributed by atoms with Gasteiger partial charge in [0, 0.05) is 23.6 Å². The zero-order valence-electron chi connectivity index (χ0n) is 12.8.